The first-order valence-corrected chi connectivity index (χ1v) is 7.10. The van der Waals surface area contributed by atoms with Crippen LogP contribution in [0.1, 0.15) is 37.6 Å². The standard InChI is InChI=1S/C13H19N3OS/c1-5-9-7-10-12(14-4)15-11(8(3)17-6-2)16-13(10)18-9/h7-8H,5-6H2,1-4H3,(H,14,15,16). The van der Waals surface area contributed by atoms with Crippen molar-refractivity contribution in [3.8, 4) is 0 Å². The number of rotatable bonds is 5. The second kappa shape index (κ2) is 5.63. The smallest absolute Gasteiger partial charge is 0.160 e. The normalized spacial score (nSPS) is 12.9. The van der Waals surface area contributed by atoms with Gasteiger partial charge in [-0.1, -0.05) is 6.92 Å². The van der Waals surface area contributed by atoms with E-state index in [0.717, 1.165) is 28.3 Å². The van der Waals surface area contributed by atoms with Crippen LogP contribution in [-0.4, -0.2) is 23.6 Å². The zero-order valence-corrected chi connectivity index (χ0v) is 12.1. The van der Waals surface area contributed by atoms with Crippen molar-refractivity contribution in [2.24, 2.45) is 0 Å². The van der Waals surface area contributed by atoms with Gasteiger partial charge in [0, 0.05) is 18.5 Å². The second-order valence-corrected chi connectivity index (χ2v) is 5.18. The molecule has 2 rings (SSSR count). The van der Waals surface area contributed by atoms with Crippen LogP contribution in [0, 0.1) is 0 Å². The van der Waals surface area contributed by atoms with Gasteiger partial charge in [0.25, 0.3) is 0 Å². The average molecular weight is 265 g/mol. The van der Waals surface area contributed by atoms with Gasteiger partial charge in [-0.05, 0) is 26.3 Å². The van der Waals surface area contributed by atoms with Crippen LogP contribution in [0.25, 0.3) is 10.2 Å². The van der Waals surface area contributed by atoms with E-state index in [1.54, 1.807) is 11.3 Å². The minimum absolute atomic E-state index is 0.0707. The van der Waals surface area contributed by atoms with E-state index in [-0.39, 0.29) is 6.10 Å². The van der Waals surface area contributed by atoms with E-state index in [2.05, 4.69) is 28.3 Å². The molecule has 18 heavy (non-hydrogen) atoms. The van der Waals surface area contributed by atoms with E-state index in [1.807, 2.05) is 20.9 Å². The highest BCUT2D eigenvalue weighted by Gasteiger charge is 2.14. The Morgan fingerprint density at radius 1 is 1.39 bits per heavy atom. The molecule has 1 N–H and O–H groups in total. The molecule has 1 unspecified atom stereocenters. The van der Waals surface area contributed by atoms with Crippen molar-refractivity contribution >= 4 is 27.4 Å². The van der Waals surface area contributed by atoms with Crippen molar-refractivity contribution in [1.29, 1.82) is 0 Å². The van der Waals surface area contributed by atoms with E-state index < -0.39 is 0 Å². The number of aryl methyl sites for hydroxylation is 1. The molecule has 4 nitrogen and oxygen atoms in total. The highest BCUT2D eigenvalue weighted by Crippen LogP contribution is 2.30. The number of nitrogens with zero attached hydrogens (tertiary/aromatic N) is 2. The summed E-state index contributed by atoms with van der Waals surface area (Å²) in [6.45, 7) is 6.79. The number of thiophene rings is 1. The predicted octanol–water partition coefficient (Wildman–Crippen LogP) is 3.39. The first kappa shape index (κ1) is 13.2. The number of hydrogen-bond acceptors (Lipinski definition) is 5. The Hall–Kier alpha value is -1.20. The Morgan fingerprint density at radius 2 is 2.17 bits per heavy atom. The summed E-state index contributed by atoms with van der Waals surface area (Å²) in [5.74, 6) is 1.63. The third-order valence-corrected chi connectivity index (χ3v) is 4.00. The highest BCUT2D eigenvalue weighted by molar-refractivity contribution is 7.18. The predicted molar refractivity (Wildman–Crippen MR) is 76.4 cm³/mol. The third-order valence-electron chi connectivity index (χ3n) is 2.83. The van der Waals surface area contributed by atoms with Gasteiger partial charge in [-0.2, -0.15) is 0 Å². The number of anilines is 1. The number of fused-ring (bicyclic) bond motifs is 1. The molecule has 0 saturated carbocycles. The van der Waals surface area contributed by atoms with Crippen LogP contribution in [0.3, 0.4) is 0 Å². The summed E-state index contributed by atoms with van der Waals surface area (Å²) >= 11 is 1.73. The topological polar surface area (TPSA) is 47.0 Å². The lowest BCUT2D eigenvalue weighted by Crippen LogP contribution is -2.07. The Morgan fingerprint density at radius 3 is 2.78 bits per heavy atom. The molecular weight excluding hydrogens is 246 g/mol. The van der Waals surface area contributed by atoms with E-state index >= 15 is 0 Å². The quantitative estimate of drug-likeness (QED) is 0.900. The Kier molecular flexibility index (Phi) is 4.14. The van der Waals surface area contributed by atoms with Crippen LogP contribution in [0.2, 0.25) is 0 Å². The van der Waals surface area contributed by atoms with Gasteiger partial charge in [0.05, 0.1) is 5.39 Å². The number of aromatic nitrogens is 2. The van der Waals surface area contributed by atoms with Crippen molar-refractivity contribution in [3.05, 3.63) is 16.8 Å². The molecule has 0 radical (unpaired) electrons. The van der Waals surface area contributed by atoms with Crippen LogP contribution in [-0.2, 0) is 11.2 Å². The Bertz CT molecular complexity index is 538. The minimum Gasteiger partial charge on any atom is -0.372 e. The van der Waals surface area contributed by atoms with Gasteiger partial charge in [-0.3, -0.25) is 0 Å². The van der Waals surface area contributed by atoms with Gasteiger partial charge in [-0.25, -0.2) is 9.97 Å². The van der Waals surface area contributed by atoms with Crippen LogP contribution in [0.15, 0.2) is 6.07 Å². The lowest BCUT2D eigenvalue weighted by atomic mass is 10.3. The second-order valence-electron chi connectivity index (χ2n) is 4.06. The molecule has 5 heteroatoms. The lowest BCUT2D eigenvalue weighted by molar-refractivity contribution is 0.0704. The lowest BCUT2D eigenvalue weighted by Gasteiger charge is -2.11. The SMILES string of the molecule is CCOC(C)c1nc(NC)c2cc(CC)sc2n1. The Balaban J connectivity index is 2.50. The maximum absolute atomic E-state index is 5.56. The van der Waals surface area contributed by atoms with Crippen molar-refractivity contribution in [2.45, 2.75) is 33.3 Å². The van der Waals surface area contributed by atoms with Crippen LogP contribution < -0.4 is 5.32 Å². The molecule has 0 aromatic carbocycles. The number of nitrogens with one attached hydrogen (secondary N) is 1. The van der Waals surface area contributed by atoms with Crippen LogP contribution >= 0.6 is 11.3 Å². The fourth-order valence-electron chi connectivity index (χ4n) is 1.86. The van der Waals surface area contributed by atoms with E-state index in [4.69, 9.17) is 4.74 Å². The molecule has 98 valence electrons. The maximum Gasteiger partial charge on any atom is 0.160 e. The Labute approximate surface area is 111 Å². The molecule has 2 aromatic heterocycles. The molecule has 2 heterocycles. The molecule has 0 amide bonds. The van der Waals surface area contributed by atoms with Crippen LogP contribution in [0.5, 0.6) is 0 Å². The summed E-state index contributed by atoms with van der Waals surface area (Å²) < 4.78 is 5.56. The summed E-state index contributed by atoms with van der Waals surface area (Å²) in [6.07, 6.45) is 0.958. The van der Waals surface area contributed by atoms with Crippen molar-refractivity contribution < 1.29 is 4.74 Å². The highest BCUT2D eigenvalue weighted by atomic mass is 32.1. The molecule has 0 saturated heterocycles. The van der Waals surface area contributed by atoms with Crippen molar-refractivity contribution in [2.75, 3.05) is 19.0 Å². The first-order chi connectivity index (χ1) is 8.69. The summed E-state index contributed by atoms with van der Waals surface area (Å²) in [6, 6.07) is 2.17. The largest absolute Gasteiger partial charge is 0.372 e. The van der Waals surface area contributed by atoms with E-state index in [0.29, 0.717) is 6.61 Å². The van der Waals surface area contributed by atoms with Gasteiger partial charge in [0.15, 0.2) is 5.82 Å². The molecule has 1 atom stereocenters. The molecule has 0 aliphatic heterocycles. The molecule has 0 spiro atoms. The zero-order valence-electron chi connectivity index (χ0n) is 11.3. The fourth-order valence-corrected chi connectivity index (χ4v) is 2.83. The number of hydrogen-bond donors (Lipinski definition) is 1. The van der Waals surface area contributed by atoms with Gasteiger partial charge in [0.2, 0.25) is 0 Å². The van der Waals surface area contributed by atoms with Crippen molar-refractivity contribution in [3.63, 3.8) is 0 Å². The maximum atomic E-state index is 5.56. The van der Waals surface area contributed by atoms with Gasteiger partial charge in [-0.15, -0.1) is 11.3 Å². The average Bonchev–Trinajstić information content (AvgIpc) is 2.80. The number of ether oxygens (including phenoxy) is 1. The van der Waals surface area contributed by atoms with Gasteiger partial charge >= 0.3 is 0 Å². The summed E-state index contributed by atoms with van der Waals surface area (Å²) in [5, 5.41) is 4.25. The summed E-state index contributed by atoms with van der Waals surface area (Å²) in [4.78, 5) is 11.5. The molecule has 0 fully saturated rings. The minimum atomic E-state index is -0.0707. The van der Waals surface area contributed by atoms with Gasteiger partial charge < -0.3 is 10.1 Å². The zero-order chi connectivity index (χ0) is 13.1. The fraction of sp³-hybridized carbons (Fsp3) is 0.538. The molecule has 0 aliphatic carbocycles. The molecule has 0 aliphatic rings. The summed E-state index contributed by atoms with van der Waals surface area (Å²) in [7, 11) is 1.89. The molecule has 2 aromatic rings. The van der Waals surface area contributed by atoms with Crippen LogP contribution in [0.4, 0.5) is 5.82 Å². The molecule has 0 bridgehead atoms. The van der Waals surface area contributed by atoms with Gasteiger partial charge in [0.1, 0.15) is 16.8 Å². The third kappa shape index (κ3) is 2.47. The van der Waals surface area contributed by atoms with E-state index in [1.165, 1.54) is 4.88 Å². The molecular formula is C13H19N3OS. The monoisotopic (exact) mass is 265 g/mol. The van der Waals surface area contributed by atoms with Crippen molar-refractivity contribution in [1.82, 2.24) is 9.97 Å². The first-order valence-electron chi connectivity index (χ1n) is 6.29. The van der Waals surface area contributed by atoms with E-state index in [9.17, 15) is 0 Å². The summed E-state index contributed by atoms with van der Waals surface area (Å²) in [5.41, 5.74) is 0.